The van der Waals surface area contributed by atoms with Gasteiger partial charge in [0.05, 0.1) is 18.6 Å². The average molecular weight is 266 g/mol. The Bertz CT molecular complexity index is 445. The quantitative estimate of drug-likeness (QED) is 0.586. The van der Waals surface area contributed by atoms with E-state index in [0.29, 0.717) is 6.61 Å². The Balaban J connectivity index is 1.75. The van der Waals surface area contributed by atoms with Crippen LogP contribution < -0.4 is 0 Å². The Morgan fingerprint density at radius 2 is 2.21 bits per heavy atom. The lowest BCUT2D eigenvalue weighted by Gasteiger charge is -2.08. The maximum absolute atomic E-state index is 13.1. The monoisotopic (exact) mass is 266 g/mol. The Labute approximate surface area is 112 Å². The van der Waals surface area contributed by atoms with Gasteiger partial charge in [-0.3, -0.25) is 4.79 Å². The highest BCUT2D eigenvalue weighted by Crippen LogP contribution is 2.48. The highest BCUT2D eigenvalue weighted by molar-refractivity contribution is 5.77. The molecule has 0 N–H and O–H groups in total. The summed E-state index contributed by atoms with van der Waals surface area (Å²) in [5.41, 5.74) is 0.875. The summed E-state index contributed by atoms with van der Waals surface area (Å²) in [6, 6.07) is 6.41. The van der Waals surface area contributed by atoms with Gasteiger partial charge in [0, 0.05) is 0 Å². The zero-order valence-electron chi connectivity index (χ0n) is 11.3. The van der Waals surface area contributed by atoms with E-state index in [2.05, 4.69) is 0 Å². The molecule has 2 rings (SSSR count). The fraction of sp³-hybridized carbons (Fsp3) is 0.533. The molecule has 0 spiro atoms. The predicted molar refractivity (Wildman–Crippen MR) is 69.3 cm³/mol. The van der Waals surface area contributed by atoms with Crippen molar-refractivity contribution in [3.8, 4) is 0 Å². The van der Waals surface area contributed by atoms with Crippen molar-refractivity contribution < 1.29 is 18.7 Å². The molecule has 1 aliphatic carbocycles. The second-order valence-electron chi connectivity index (χ2n) is 5.09. The molecule has 1 aromatic carbocycles. The highest BCUT2D eigenvalue weighted by Gasteiger charge is 2.45. The van der Waals surface area contributed by atoms with Crippen LogP contribution in [-0.4, -0.2) is 25.3 Å². The summed E-state index contributed by atoms with van der Waals surface area (Å²) in [5.74, 6) is -0.487. The minimum Gasteiger partial charge on any atom is -0.463 e. The van der Waals surface area contributed by atoms with Crippen molar-refractivity contribution in [3.05, 3.63) is 35.6 Å². The number of esters is 1. The van der Waals surface area contributed by atoms with Crippen molar-refractivity contribution in [2.75, 3.05) is 13.2 Å². The number of benzene rings is 1. The number of hydrogen-bond donors (Lipinski definition) is 0. The Morgan fingerprint density at radius 3 is 2.89 bits per heavy atom. The number of hydrogen-bond acceptors (Lipinski definition) is 3. The van der Waals surface area contributed by atoms with Crippen LogP contribution in [0.15, 0.2) is 24.3 Å². The van der Waals surface area contributed by atoms with Crippen molar-refractivity contribution in [1.29, 1.82) is 0 Å². The van der Waals surface area contributed by atoms with Crippen LogP contribution in [0.5, 0.6) is 0 Å². The van der Waals surface area contributed by atoms with Gasteiger partial charge < -0.3 is 9.47 Å². The van der Waals surface area contributed by atoms with E-state index >= 15 is 0 Å². The topological polar surface area (TPSA) is 35.5 Å². The van der Waals surface area contributed by atoms with Gasteiger partial charge in [-0.05, 0) is 43.9 Å². The molecule has 19 heavy (non-hydrogen) atoms. The largest absolute Gasteiger partial charge is 0.463 e. The second kappa shape index (κ2) is 6.15. The number of ether oxygens (including phenoxy) is 2. The Morgan fingerprint density at radius 1 is 1.42 bits per heavy atom. The number of rotatable bonds is 6. The molecule has 0 saturated heterocycles. The van der Waals surface area contributed by atoms with Gasteiger partial charge in [-0.25, -0.2) is 4.39 Å². The molecule has 1 aromatic rings. The fourth-order valence-corrected chi connectivity index (χ4v) is 2.09. The number of carbonyl (C=O) groups is 1. The first-order chi connectivity index (χ1) is 9.08. The molecule has 2 unspecified atom stereocenters. The van der Waals surface area contributed by atoms with Gasteiger partial charge in [-0.1, -0.05) is 12.1 Å². The van der Waals surface area contributed by atoms with Crippen molar-refractivity contribution in [1.82, 2.24) is 0 Å². The van der Waals surface area contributed by atoms with Crippen LogP contribution in [0.3, 0.4) is 0 Å². The van der Waals surface area contributed by atoms with Gasteiger partial charge in [-0.2, -0.15) is 0 Å². The lowest BCUT2D eigenvalue weighted by atomic mass is 10.1. The van der Waals surface area contributed by atoms with Crippen molar-refractivity contribution in [2.45, 2.75) is 32.3 Å². The van der Waals surface area contributed by atoms with Crippen LogP contribution in [0.2, 0.25) is 0 Å². The lowest BCUT2D eigenvalue weighted by Crippen LogP contribution is -2.15. The maximum Gasteiger partial charge on any atom is 0.309 e. The van der Waals surface area contributed by atoms with E-state index in [1.807, 2.05) is 19.9 Å². The second-order valence-corrected chi connectivity index (χ2v) is 5.09. The Kier molecular flexibility index (Phi) is 4.53. The third kappa shape index (κ3) is 4.03. The molecule has 0 aromatic heterocycles. The highest BCUT2D eigenvalue weighted by atomic mass is 19.1. The van der Waals surface area contributed by atoms with Crippen LogP contribution >= 0.6 is 0 Å². The molecule has 3 nitrogen and oxygen atoms in total. The van der Waals surface area contributed by atoms with Crippen LogP contribution in [0.4, 0.5) is 4.39 Å². The molecule has 0 radical (unpaired) electrons. The standard InChI is InChI=1S/C15H19FO3/c1-10(2)18-6-7-19-15(17)14-9-13(14)11-4-3-5-12(16)8-11/h3-5,8,10,13-14H,6-7,9H2,1-2H3. The summed E-state index contributed by atoms with van der Waals surface area (Å²) in [7, 11) is 0. The van der Waals surface area contributed by atoms with Crippen molar-refractivity contribution in [3.63, 3.8) is 0 Å². The number of carbonyl (C=O) groups excluding carboxylic acids is 1. The third-order valence-corrected chi connectivity index (χ3v) is 3.15. The van der Waals surface area contributed by atoms with E-state index in [-0.39, 0.29) is 36.3 Å². The minimum atomic E-state index is -0.262. The summed E-state index contributed by atoms with van der Waals surface area (Å²) in [6.07, 6.45) is 0.882. The molecule has 2 atom stereocenters. The van der Waals surface area contributed by atoms with Crippen LogP contribution in [-0.2, 0) is 14.3 Å². The van der Waals surface area contributed by atoms with Crippen LogP contribution in [0, 0.1) is 11.7 Å². The molecular formula is C15H19FO3. The average Bonchev–Trinajstić information content (AvgIpc) is 3.14. The summed E-state index contributed by atoms with van der Waals surface area (Å²) in [6.45, 7) is 4.57. The van der Waals surface area contributed by atoms with E-state index in [0.717, 1.165) is 12.0 Å². The molecule has 4 heteroatoms. The summed E-state index contributed by atoms with van der Waals surface area (Å²) < 4.78 is 23.5. The van der Waals surface area contributed by atoms with E-state index in [1.54, 1.807) is 6.07 Å². The Hall–Kier alpha value is -1.42. The molecule has 1 aliphatic rings. The van der Waals surface area contributed by atoms with Crippen LogP contribution in [0.25, 0.3) is 0 Å². The fourth-order valence-electron chi connectivity index (χ4n) is 2.09. The maximum atomic E-state index is 13.1. The van der Waals surface area contributed by atoms with Gasteiger partial charge >= 0.3 is 5.97 Å². The van der Waals surface area contributed by atoms with E-state index in [9.17, 15) is 9.18 Å². The van der Waals surface area contributed by atoms with E-state index < -0.39 is 0 Å². The van der Waals surface area contributed by atoms with Gasteiger partial charge in [0.25, 0.3) is 0 Å². The number of halogens is 1. The van der Waals surface area contributed by atoms with Gasteiger partial charge in [0.15, 0.2) is 0 Å². The molecule has 0 aliphatic heterocycles. The molecule has 104 valence electrons. The van der Waals surface area contributed by atoms with Gasteiger partial charge in [0.1, 0.15) is 12.4 Å². The molecule has 0 amide bonds. The first kappa shape index (κ1) is 14.0. The summed E-state index contributed by atoms with van der Waals surface area (Å²) >= 11 is 0. The minimum absolute atomic E-state index is 0.106. The molecule has 0 heterocycles. The van der Waals surface area contributed by atoms with Gasteiger partial charge in [0.2, 0.25) is 0 Å². The van der Waals surface area contributed by atoms with Crippen molar-refractivity contribution in [2.24, 2.45) is 5.92 Å². The molecular weight excluding hydrogens is 247 g/mol. The molecule has 0 bridgehead atoms. The first-order valence-electron chi connectivity index (χ1n) is 6.61. The summed E-state index contributed by atoms with van der Waals surface area (Å²) in [4.78, 5) is 11.7. The first-order valence-corrected chi connectivity index (χ1v) is 6.61. The van der Waals surface area contributed by atoms with E-state index in [4.69, 9.17) is 9.47 Å². The van der Waals surface area contributed by atoms with Crippen molar-refractivity contribution >= 4 is 5.97 Å². The lowest BCUT2D eigenvalue weighted by molar-refractivity contribution is -0.147. The SMILES string of the molecule is CC(C)OCCOC(=O)C1CC1c1cccc(F)c1. The van der Waals surface area contributed by atoms with E-state index in [1.165, 1.54) is 12.1 Å². The summed E-state index contributed by atoms with van der Waals surface area (Å²) in [5, 5.41) is 0. The normalized spacial score (nSPS) is 21.5. The third-order valence-electron chi connectivity index (χ3n) is 3.15. The predicted octanol–water partition coefficient (Wildman–Crippen LogP) is 2.90. The zero-order chi connectivity index (χ0) is 13.8. The van der Waals surface area contributed by atoms with Gasteiger partial charge in [-0.15, -0.1) is 0 Å². The smallest absolute Gasteiger partial charge is 0.309 e. The zero-order valence-corrected chi connectivity index (χ0v) is 11.3. The molecule has 1 fully saturated rings. The molecule has 1 saturated carbocycles. The van der Waals surface area contributed by atoms with Crippen LogP contribution in [0.1, 0.15) is 31.7 Å².